The molecule has 15 heavy (non-hydrogen) atoms. The topological polar surface area (TPSA) is 70.7 Å². The Bertz CT molecular complexity index is 489. The second-order valence-electron chi connectivity index (χ2n) is 3.62. The first kappa shape index (κ1) is 9.64. The van der Waals surface area contributed by atoms with Crippen LogP contribution in [0.15, 0.2) is 18.5 Å². The molecule has 2 aromatic heterocycles. The summed E-state index contributed by atoms with van der Waals surface area (Å²) in [5.74, 6) is 0.178. The molecule has 2 aromatic rings. The molecule has 5 heteroatoms. The van der Waals surface area contributed by atoms with Crippen molar-refractivity contribution in [3.8, 4) is 0 Å². The van der Waals surface area contributed by atoms with Crippen LogP contribution in [0.25, 0.3) is 11.0 Å². The Morgan fingerprint density at radius 1 is 1.53 bits per heavy atom. The number of aromatic amines is 1. The molecule has 0 aromatic carbocycles. The SMILES string of the molecule is CC(C)C(=O)Nc1ncc2cc[nH]c2n1. The molecule has 2 N–H and O–H groups in total. The van der Waals surface area contributed by atoms with Crippen LogP contribution in [-0.4, -0.2) is 20.9 Å². The molecule has 0 bridgehead atoms. The summed E-state index contributed by atoms with van der Waals surface area (Å²) in [6, 6.07) is 1.88. The van der Waals surface area contributed by atoms with Crippen LogP contribution in [0, 0.1) is 5.92 Å². The van der Waals surface area contributed by atoms with Crippen molar-refractivity contribution in [3.63, 3.8) is 0 Å². The van der Waals surface area contributed by atoms with Gasteiger partial charge in [-0.15, -0.1) is 0 Å². The summed E-state index contributed by atoms with van der Waals surface area (Å²) >= 11 is 0. The quantitative estimate of drug-likeness (QED) is 0.779. The lowest BCUT2D eigenvalue weighted by atomic mass is 10.2. The third-order valence-corrected chi connectivity index (χ3v) is 2.06. The van der Waals surface area contributed by atoms with E-state index in [0.29, 0.717) is 5.95 Å². The van der Waals surface area contributed by atoms with Gasteiger partial charge in [0, 0.05) is 23.7 Å². The second-order valence-corrected chi connectivity index (χ2v) is 3.62. The van der Waals surface area contributed by atoms with E-state index in [1.165, 1.54) is 0 Å². The molecule has 78 valence electrons. The fraction of sp³-hybridized carbons (Fsp3) is 0.300. The number of carbonyl (C=O) groups is 1. The van der Waals surface area contributed by atoms with E-state index >= 15 is 0 Å². The molecular weight excluding hydrogens is 192 g/mol. The highest BCUT2D eigenvalue weighted by molar-refractivity contribution is 5.91. The molecule has 0 spiro atoms. The molecule has 0 saturated carbocycles. The summed E-state index contributed by atoms with van der Waals surface area (Å²) in [7, 11) is 0. The maximum absolute atomic E-state index is 11.4. The number of hydrogen-bond acceptors (Lipinski definition) is 3. The smallest absolute Gasteiger partial charge is 0.231 e. The zero-order chi connectivity index (χ0) is 10.8. The van der Waals surface area contributed by atoms with Crippen LogP contribution in [0.1, 0.15) is 13.8 Å². The van der Waals surface area contributed by atoms with Crippen LogP contribution < -0.4 is 5.32 Å². The summed E-state index contributed by atoms with van der Waals surface area (Å²) < 4.78 is 0. The largest absolute Gasteiger partial charge is 0.346 e. The normalized spacial score (nSPS) is 10.9. The first-order valence-corrected chi connectivity index (χ1v) is 4.78. The lowest BCUT2D eigenvalue weighted by molar-refractivity contribution is -0.118. The Kier molecular flexibility index (Phi) is 2.37. The van der Waals surface area contributed by atoms with Crippen molar-refractivity contribution >= 4 is 22.9 Å². The highest BCUT2D eigenvalue weighted by Gasteiger charge is 2.09. The number of nitrogens with zero attached hydrogens (tertiary/aromatic N) is 2. The fourth-order valence-electron chi connectivity index (χ4n) is 1.15. The van der Waals surface area contributed by atoms with Crippen molar-refractivity contribution in [3.05, 3.63) is 18.5 Å². The molecule has 2 rings (SSSR count). The Morgan fingerprint density at radius 2 is 2.33 bits per heavy atom. The Morgan fingerprint density at radius 3 is 3.07 bits per heavy atom. The van der Waals surface area contributed by atoms with E-state index in [2.05, 4.69) is 20.3 Å². The van der Waals surface area contributed by atoms with Gasteiger partial charge in [0.15, 0.2) is 0 Å². The van der Waals surface area contributed by atoms with Crippen LogP contribution in [0.2, 0.25) is 0 Å². The predicted molar refractivity (Wildman–Crippen MR) is 57.4 cm³/mol. The molecule has 0 aliphatic carbocycles. The third-order valence-electron chi connectivity index (χ3n) is 2.06. The highest BCUT2D eigenvalue weighted by atomic mass is 16.1. The number of rotatable bonds is 2. The van der Waals surface area contributed by atoms with Crippen LogP contribution in [0.5, 0.6) is 0 Å². The minimum atomic E-state index is -0.0825. The van der Waals surface area contributed by atoms with Gasteiger partial charge >= 0.3 is 0 Å². The number of nitrogens with one attached hydrogen (secondary N) is 2. The van der Waals surface area contributed by atoms with Crippen LogP contribution >= 0.6 is 0 Å². The number of H-pyrrole nitrogens is 1. The maximum Gasteiger partial charge on any atom is 0.231 e. The average Bonchev–Trinajstić information content (AvgIpc) is 2.64. The van der Waals surface area contributed by atoms with Gasteiger partial charge in [-0.05, 0) is 6.07 Å². The van der Waals surface area contributed by atoms with Gasteiger partial charge in [0.25, 0.3) is 0 Å². The van der Waals surface area contributed by atoms with E-state index in [1.54, 1.807) is 12.4 Å². The number of anilines is 1. The van der Waals surface area contributed by atoms with E-state index in [0.717, 1.165) is 11.0 Å². The summed E-state index contributed by atoms with van der Waals surface area (Å²) in [4.78, 5) is 22.5. The number of fused-ring (bicyclic) bond motifs is 1. The van der Waals surface area contributed by atoms with Crippen molar-refractivity contribution in [2.45, 2.75) is 13.8 Å². The first-order valence-electron chi connectivity index (χ1n) is 4.78. The molecule has 0 fully saturated rings. The van der Waals surface area contributed by atoms with Crippen molar-refractivity contribution in [2.24, 2.45) is 5.92 Å². The van der Waals surface area contributed by atoms with Crippen LogP contribution in [-0.2, 0) is 4.79 Å². The predicted octanol–water partition coefficient (Wildman–Crippen LogP) is 1.55. The Balaban J connectivity index is 2.25. The number of aromatic nitrogens is 3. The Labute approximate surface area is 86.9 Å². The lowest BCUT2D eigenvalue weighted by Gasteiger charge is -2.05. The van der Waals surface area contributed by atoms with Crippen molar-refractivity contribution in [2.75, 3.05) is 5.32 Å². The van der Waals surface area contributed by atoms with E-state index < -0.39 is 0 Å². The third kappa shape index (κ3) is 1.96. The number of carbonyl (C=O) groups excluding carboxylic acids is 1. The monoisotopic (exact) mass is 204 g/mol. The van der Waals surface area contributed by atoms with E-state index in [4.69, 9.17) is 0 Å². The van der Waals surface area contributed by atoms with Gasteiger partial charge in [-0.1, -0.05) is 13.8 Å². The number of hydrogen-bond donors (Lipinski definition) is 2. The zero-order valence-corrected chi connectivity index (χ0v) is 8.61. The van der Waals surface area contributed by atoms with Crippen LogP contribution in [0.4, 0.5) is 5.95 Å². The molecule has 0 aliphatic heterocycles. The molecule has 0 saturated heterocycles. The summed E-state index contributed by atoms with van der Waals surface area (Å²) in [5.41, 5.74) is 0.726. The minimum Gasteiger partial charge on any atom is -0.346 e. The summed E-state index contributed by atoms with van der Waals surface area (Å²) in [6.07, 6.45) is 3.46. The molecule has 0 atom stereocenters. The molecule has 1 amide bonds. The number of amides is 1. The van der Waals surface area contributed by atoms with Gasteiger partial charge in [-0.2, -0.15) is 4.98 Å². The second kappa shape index (κ2) is 3.68. The molecular formula is C10H12N4O. The van der Waals surface area contributed by atoms with Gasteiger partial charge in [0.05, 0.1) is 0 Å². The Hall–Kier alpha value is -1.91. The van der Waals surface area contributed by atoms with Gasteiger partial charge in [0.1, 0.15) is 5.65 Å². The molecule has 5 nitrogen and oxygen atoms in total. The molecule has 0 unspecified atom stereocenters. The van der Waals surface area contributed by atoms with Crippen molar-refractivity contribution in [1.29, 1.82) is 0 Å². The minimum absolute atomic E-state index is 0.0760. The van der Waals surface area contributed by atoms with Crippen molar-refractivity contribution in [1.82, 2.24) is 15.0 Å². The van der Waals surface area contributed by atoms with Gasteiger partial charge in [-0.3, -0.25) is 10.1 Å². The van der Waals surface area contributed by atoms with E-state index in [1.807, 2.05) is 19.9 Å². The average molecular weight is 204 g/mol. The van der Waals surface area contributed by atoms with E-state index in [-0.39, 0.29) is 11.8 Å². The summed E-state index contributed by atoms with van der Waals surface area (Å²) in [6.45, 7) is 3.64. The summed E-state index contributed by atoms with van der Waals surface area (Å²) in [5, 5.41) is 3.57. The highest BCUT2D eigenvalue weighted by Crippen LogP contribution is 2.10. The van der Waals surface area contributed by atoms with Gasteiger partial charge in [-0.25, -0.2) is 4.98 Å². The molecule has 2 heterocycles. The zero-order valence-electron chi connectivity index (χ0n) is 8.61. The standard InChI is InChI=1S/C10H12N4O/c1-6(2)9(15)14-10-12-5-7-3-4-11-8(7)13-10/h3-6H,1-2H3,(H2,11,12,13,14,15). The van der Waals surface area contributed by atoms with E-state index in [9.17, 15) is 4.79 Å². The molecule has 0 radical (unpaired) electrons. The van der Waals surface area contributed by atoms with Crippen molar-refractivity contribution < 1.29 is 4.79 Å². The lowest BCUT2D eigenvalue weighted by Crippen LogP contribution is -2.19. The van der Waals surface area contributed by atoms with Gasteiger partial charge < -0.3 is 4.98 Å². The molecule has 0 aliphatic rings. The first-order chi connectivity index (χ1) is 7.16. The van der Waals surface area contributed by atoms with Gasteiger partial charge in [0.2, 0.25) is 11.9 Å². The fourth-order valence-corrected chi connectivity index (χ4v) is 1.15. The van der Waals surface area contributed by atoms with Crippen LogP contribution in [0.3, 0.4) is 0 Å². The maximum atomic E-state index is 11.4.